The first kappa shape index (κ1) is 20.4. The molecule has 0 bridgehead atoms. The van der Waals surface area contributed by atoms with E-state index in [9.17, 15) is 13.5 Å². The van der Waals surface area contributed by atoms with E-state index < -0.39 is 15.6 Å². The number of aliphatic hydroxyl groups is 1. The Morgan fingerprint density at radius 3 is 2.20 bits per heavy atom. The molecule has 2 rings (SSSR count). The highest BCUT2D eigenvalue weighted by atomic mass is 32.2. The SMILES string of the molecule is CCS(=O)(=O)NCCc1ccc(C2(O)CCC(C(C)(C)C)CC2)cc1. The molecule has 5 heteroatoms. The molecule has 1 aromatic rings. The minimum Gasteiger partial charge on any atom is -0.385 e. The van der Waals surface area contributed by atoms with E-state index in [-0.39, 0.29) is 5.75 Å². The van der Waals surface area contributed by atoms with Crippen LogP contribution in [0.3, 0.4) is 0 Å². The van der Waals surface area contributed by atoms with E-state index in [1.54, 1.807) is 6.92 Å². The number of nitrogens with one attached hydrogen (secondary N) is 1. The Balaban J connectivity index is 1.93. The van der Waals surface area contributed by atoms with Gasteiger partial charge in [-0.2, -0.15) is 0 Å². The van der Waals surface area contributed by atoms with Crippen LogP contribution in [0.15, 0.2) is 24.3 Å². The summed E-state index contributed by atoms with van der Waals surface area (Å²) in [4.78, 5) is 0. The summed E-state index contributed by atoms with van der Waals surface area (Å²) in [5, 5.41) is 11.0. The Kier molecular flexibility index (Phi) is 6.34. The van der Waals surface area contributed by atoms with Crippen molar-refractivity contribution >= 4 is 10.0 Å². The predicted molar refractivity (Wildman–Crippen MR) is 103 cm³/mol. The first-order valence-electron chi connectivity index (χ1n) is 9.35. The van der Waals surface area contributed by atoms with Crippen LogP contribution in [-0.4, -0.2) is 25.8 Å². The summed E-state index contributed by atoms with van der Waals surface area (Å²) in [6.45, 7) is 8.89. The van der Waals surface area contributed by atoms with Crippen molar-refractivity contribution in [2.75, 3.05) is 12.3 Å². The third kappa shape index (κ3) is 5.53. The van der Waals surface area contributed by atoms with Crippen molar-refractivity contribution < 1.29 is 13.5 Å². The molecule has 0 aromatic heterocycles. The summed E-state index contributed by atoms with van der Waals surface area (Å²) in [5.74, 6) is 0.771. The van der Waals surface area contributed by atoms with Crippen LogP contribution in [0.25, 0.3) is 0 Å². The largest absolute Gasteiger partial charge is 0.385 e. The van der Waals surface area contributed by atoms with E-state index in [0.29, 0.717) is 24.3 Å². The predicted octanol–water partition coefficient (Wildman–Crippen LogP) is 3.59. The lowest BCUT2D eigenvalue weighted by Crippen LogP contribution is -2.35. The first-order chi connectivity index (χ1) is 11.6. The molecular weight excluding hydrogens is 334 g/mol. The third-order valence-corrected chi connectivity index (χ3v) is 7.05. The lowest BCUT2D eigenvalue weighted by molar-refractivity contribution is -0.0298. The highest BCUT2D eigenvalue weighted by Crippen LogP contribution is 2.45. The quantitative estimate of drug-likeness (QED) is 0.807. The van der Waals surface area contributed by atoms with E-state index in [4.69, 9.17) is 0 Å². The molecular formula is C20H33NO3S. The molecule has 0 atom stereocenters. The van der Waals surface area contributed by atoms with Gasteiger partial charge in [0.15, 0.2) is 0 Å². The van der Waals surface area contributed by atoms with E-state index in [1.807, 2.05) is 24.3 Å². The molecule has 0 heterocycles. The van der Waals surface area contributed by atoms with Gasteiger partial charge in [-0.1, -0.05) is 45.0 Å². The van der Waals surface area contributed by atoms with Crippen LogP contribution in [0, 0.1) is 11.3 Å². The van der Waals surface area contributed by atoms with Gasteiger partial charge in [-0.05, 0) is 61.5 Å². The van der Waals surface area contributed by atoms with Crippen molar-refractivity contribution in [3.05, 3.63) is 35.4 Å². The van der Waals surface area contributed by atoms with Gasteiger partial charge in [-0.3, -0.25) is 0 Å². The van der Waals surface area contributed by atoms with Gasteiger partial charge in [0.2, 0.25) is 10.0 Å². The van der Waals surface area contributed by atoms with Crippen molar-refractivity contribution in [3.63, 3.8) is 0 Å². The number of sulfonamides is 1. The molecule has 142 valence electrons. The summed E-state index contributed by atoms with van der Waals surface area (Å²) in [6.07, 6.45) is 4.39. The standard InChI is InChI=1S/C20H33NO3S/c1-5-25(23,24)21-15-12-16-6-8-18(9-7-16)20(22)13-10-17(11-14-20)19(2,3)4/h6-9,17,21-22H,5,10-15H2,1-4H3. The van der Waals surface area contributed by atoms with Crippen LogP contribution >= 0.6 is 0 Å². The maximum atomic E-state index is 11.4. The van der Waals surface area contributed by atoms with E-state index in [2.05, 4.69) is 25.5 Å². The molecule has 0 amide bonds. The van der Waals surface area contributed by atoms with E-state index in [1.165, 1.54) is 0 Å². The number of rotatable bonds is 6. The van der Waals surface area contributed by atoms with Gasteiger partial charge in [-0.15, -0.1) is 0 Å². The number of benzene rings is 1. The van der Waals surface area contributed by atoms with E-state index in [0.717, 1.165) is 36.8 Å². The second-order valence-electron chi connectivity index (χ2n) is 8.42. The van der Waals surface area contributed by atoms with Gasteiger partial charge < -0.3 is 5.11 Å². The molecule has 0 radical (unpaired) electrons. The van der Waals surface area contributed by atoms with E-state index >= 15 is 0 Å². The Morgan fingerprint density at radius 2 is 1.72 bits per heavy atom. The van der Waals surface area contributed by atoms with Gasteiger partial charge in [0.25, 0.3) is 0 Å². The molecule has 4 nitrogen and oxygen atoms in total. The Hall–Kier alpha value is -0.910. The van der Waals surface area contributed by atoms with Crippen LogP contribution in [0.2, 0.25) is 0 Å². The number of hydrogen-bond acceptors (Lipinski definition) is 3. The average Bonchev–Trinajstić information content (AvgIpc) is 2.55. The molecule has 2 N–H and O–H groups in total. The molecule has 0 saturated heterocycles. The summed E-state index contributed by atoms with van der Waals surface area (Å²) in [6, 6.07) is 8.01. The van der Waals surface area contributed by atoms with Crippen LogP contribution in [-0.2, 0) is 22.0 Å². The second-order valence-corrected chi connectivity index (χ2v) is 10.5. The monoisotopic (exact) mass is 367 g/mol. The zero-order chi connectivity index (χ0) is 18.7. The summed E-state index contributed by atoms with van der Waals surface area (Å²) < 4.78 is 25.5. The highest BCUT2D eigenvalue weighted by molar-refractivity contribution is 7.89. The van der Waals surface area contributed by atoms with Gasteiger partial charge in [0.05, 0.1) is 11.4 Å². The highest BCUT2D eigenvalue weighted by Gasteiger charge is 2.38. The molecule has 1 fully saturated rings. The Morgan fingerprint density at radius 1 is 1.16 bits per heavy atom. The zero-order valence-corrected chi connectivity index (χ0v) is 16.8. The molecule has 25 heavy (non-hydrogen) atoms. The van der Waals surface area contributed by atoms with Crippen LogP contribution < -0.4 is 4.72 Å². The van der Waals surface area contributed by atoms with Crippen molar-refractivity contribution in [1.82, 2.24) is 4.72 Å². The lowest BCUT2D eigenvalue weighted by Gasteiger charge is -2.41. The maximum absolute atomic E-state index is 11.4. The van der Waals surface area contributed by atoms with Gasteiger partial charge in [-0.25, -0.2) is 13.1 Å². The molecule has 0 aliphatic heterocycles. The molecule has 1 saturated carbocycles. The molecule has 1 aliphatic rings. The Labute approximate surface area is 153 Å². The van der Waals surface area contributed by atoms with Crippen LogP contribution in [0.1, 0.15) is 64.5 Å². The minimum absolute atomic E-state index is 0.106. The van der Waals surface area contributed by atoms with Gasteiger partial charge >= 0.3 is 0 Å². The zero-order valence-electron chi connectivity index (χ0n) is 16.0. The van der Waals surface area contributed by atoms with Crippen molar-refractivity contribution in [2.45, 2.75) is 65.4 Å². The number of hydrogen-bond donors (Lipinski definition) is 2. The van der Waals surface area contributed by atoms with Crippen molar-refractivity contribution in [2.24, 2.45) is 11.3 Å². The summed E-state index contributed by atoms with van der Waals surface area (Å²) >= 11 is 0. The fourth-order valence-electron chi connectivity index (χ4n) is 3.68. The van der Waals surface area contributed by atoms with Gasteiger partial charge in [0.1, 0.15) is 0 Å². The lowest BCUT2D eigenvalue weighted by atomic mass is 9.67. The van der Waals surface area contributed by atoms with Crippen LogP contribution in [0.4, 0.5) is 0 Å². The first-order valence-corrected chi connectivity index (χ1v) is 11.0. The average molecular weight is 368 g/mol. The molecule has 0 spiro atoms. The molecule has 0 unspecified atom stereocenters. The topological polar surface area (TPSA) is 66.4 Å². The third-order valence-electron chi connectivity index (χ3n) is 5.64. The normalized spacial score (nSPS) is 25.1. The Bertz CT molecular complexity index is 651. The van der Waals surface area contributed by atoms with Crippen molar-refractivity contribution in [3.8, 4) is 0 Å². The second kappa shape index (κ2) is 7.77. The fraction of sp³-hybridized carbons (Fsp3) is 0.700. The summed E-state index contributed by atoms with van der Waals surface area (Å²) in [5.41, 5.74) is 1.65. The smallest absolute Gasteiger partial charge is 0.211 e. The van der Waals surface area contributed by atoms with Crippen molar-refractivity contribution in [1.29, 1.82) is 0 Å². The maximum Gasteiger partial charge on any atom is 0.211 e. The van der Waals surface area contributed by atoms with Crippen LogP contribution in [0.5, 0.6) is 0 Å². The molecule has 1 aromatic carbocycles. The van der Waals surface area contributed by atoms with Gasteiger partial charge in [0, 0.05) is 6.54 Å². The minimum atomic E-state index is -3.13. The molecule has 1 aliphatic carbocycles. The summed E-state index contributed by atoms with van der Waals surface area (Å²) in [7, 11) is -3.13. The fourth-order valence-corrected chi connectivity index (χ4v) is 4.30.